The van der Waals surface area contributed by atoms with Crippen LogP contribution in [-0.2, 0) is 6.42 Å². The standard InChI is InChI=1S/C19H16FN3/c1-19(2)11-13-9-14(20)7-8-15(13)18(21-19)17-10-12-5-3-4-6-16(12)22-23-17/h3-10H,11H2,1-2H3. The van der Waals surface area contributed by atoms with Crippen molar-refractivity contribution in [3.05, 3.63) is 71.2 Å². The number of nitrogens with zero attached hydrogens (tertiary/aromatic N) is 3. The first-order valence-electron chi connectivity index (χ1n) is 7.63. The molecule has 1 aliphatic heterocycles. The molecule has 23 heavy (non-hydrogen) atoms. The smallest absolute Gasteiger partial charge is 0.123 e. The van der Waals surface area contributed by atoms with Crippen LogP contribution in [0.1, 0.15) is 30.7 Å². The van der Waals surface area contributed by atoms with E-state index in [1.54, 1.807) is 12.1 Å². The lowest BCUT2D eigenvalue weighted by Crippen LogP contribution is -2.30. The van der Waals surface area contributed by atoms with Crippen molar-refractivity contribution >= 4 is 16.6 Å². The molecule has 0 amide bonds. The summed E-state index contributed by atoms with van der Waals surface area (Å²) in [5, 5.41) is 9.65. The van der Waals surface area contributed by atoms with Crippen LogP contribution in [0.5, 0.6) is 0 Å². The monoisotopic (exact) mass is 305 g/mol. The van der Waals surface area contributed by atoms with Gasteiger partial charge >= 0.3 is 0 Å². The van der Waals surface area contributed by atoms with Crippen LogP contribution in [0.15, 0.2) is 53.5 Å². The second-order valence-electron chi connectivity index (χ2n) is 6.54. The van der Waals surface area contributed by atoms with Crippen molar-refractivity contribution in [1.82, 2.24) is 10.2 Å². The highest BCUT2D eigenvalue weighted by molar-refractivity contribution is 6.14. The molecule has 0 N–H and O–H groups in total. The first kappa shape index (κ1) is 14.0. The van der Waals surface area contributed by atoms with Gasteiger partial charge in [-0.3, -0.25) is 4.99 Å². The zero-order valence-corrected chi connectivity index (χ0v) is 13.0. The normalized spacial score (nSPS) is 16.0. The zero-order valence-electron chi connectivity index (χ0n) is 13.0. The molecule has 114 valence electrons. The largest absolute Gasteiger partial charge is 0.276 e. The highest BCUT2D eigenvalue weighted by Crippen LogP contribution is 2.29. The molecule has 0 radical (unpaired) electrons. The number of aliphatic imine (C=N–C) groups is 1. The van der Waals surface area contributed by atoms with Crippen LogP contribution in [0.2, 0.25) is 0 Å². The van der Waals surface area contributed by atoms with Gasteiger partial charge in [-0.25, -0.2) is 4.39 Å². The van der Waals surface area contributed by atoms with Crippen LogP contribution in [0.4, 0.5) is 4.39 Å². The highest BCUT2D eigenvalue weighted by atomic mass is 19.1. The fourth-order valence-electron chi connectivity index (χ4n) is 3.10. The quantitative estimate of drug-likeness (QED) is 0.683. The van der Waals surface area contributed by atoms with Crippen molar-refractivity contribution in [2.75, 3.05) is 0 Å². The first-order chi connectivity index (χ1) is 11.0. The third-order valence-electron chi connectivity index (χ3n) is 4.10. The van der Waals surface area contributed by atoms with Gasteiger partial charge < -0.3 is 0 Å². The zero-order chi connectivity index (χ0) is 16.0. The Morgan fingerprint density at radius 2 is 1.83 bits per heavy atom. The van der Waals surface area contributed by atoms with Crippen molar-refractivity contribution in [2.45, 2.75) is 25.8 Å². The predicted octanol–water partition coefficient (Wildman–Crippen LogP) is 3.94. The number of hydrogen-bond acceptors (Lipinski definition) is 3. The van der Waals surface area contributed by atoms with Gasteiger partial charge in [-0.05, 0) is 56.2 Å². The fourth-order valence-corrected chi connectivity index (χ4v) is 3.10. The number of benzene rings is 2. The maximum absolute atomic E-state index is 13.6. The van der Waals surface area contributed by atoms with E-state index in [9.17, 15) is 4.39 Å². The van der Waals surface area contributed by atoms with E-state index < -0.39 is 0 Å². The Hall–Kier alpha value is -2.62. The minimum absolute atomic E-state index is 0.217. The average Bonchev–Trinajstić information content (AvgIpc) is 2.52. The molecule has 2 heterocycles. The Kier molecular flexibility index (Phi) is 3.01. The lowest BCUT2D eigenvalue weighted by atomic mass is 9.86. The van der Waals surface area contributed by atoms with Crippen LogP contribution in [0.3, 0.4) is 0 Å². The Morgan fingerprint density at radius 3 is 2.70 bits per heavy atom. The predicted molar refractivity (Wildman–Crippen MR) is 89.4 cm³/mol. The van der Waals surface area contributed by atoms with Gasteiger partial charge in [0.2, 0.25) is 0 Å². The van der Waals surface area contributed by atoms with E-state index in [4.69, 9.17) is 4.99 Å². The number of halogens is 1. The van der Waals surface area contributed by atoms with Gasteiger partial charge in [0.15, 0.2) is 0 Å². The van der Waals surface area contributed by atoms with Gasteiger partial charge in [0.05, 0.1) is 16.8 Å². The van der Waals surface area contributed by atoms with Crippen LogP contribution in [-0.4, -0.2) is 21.4 Å². The number of hydrogen-bond donors (Lipinski definition) is 0. The van der Waals surface area contributed by atoms with Gasteiger partial charge in [-0.2, -0.15) is 0 Å². The second-order valence-corrected chi connectivity index (χ2v) is 6.54. The molecule has 2 aromatic carbocycles. The summed E-state index contributed by atoms with van der Waals surface area (Å²) in [6.07, 6.45) is 0.713. The summed E-state index contributed by atoms with van der Waals surface area (Å²) < 4.78 is 13.6. The minimum Gasteiger partial charge on any atom is -0.276 e. The van der Waals surface area contributed by atoms with Crippen molar-refractivity contribution in [3.63, 3.8) is 0 Å². The molecule has 0 bridgehead atoms. The summed E-state index contributed by atoms with van der Waals surface area (Å²) in [6.45, 7) is 4.10. The maximum atomic E-state index is 13.6. The topological polar surface area (TPSA) is 38.1 Å². The molecule has 0 atom stereocenters. The second kappa shape index (κ2) is 4.95. The lowest BCUT2D eigenvalue weighted by Gasteiger charge is -2.28. The van der Waals surface area contributed by atoms with Gasteiger partial charge in [-0.1, -0.05) is 18.2 Å². The summed E-state index contributed by atoms with van der Waals surface area (Å²) in [6, 6.07) is 14.7. The van der Waals surface area contributed by atoms with Crippen LogP contribution in [0.25, 0.3) is 10.9 Å². The Labute approximate surface area is 133 Å². The minimum atomic E-state index is -0.288. The summed E-state index contributed by atoms with van der Waals surface area (Å²) in [5.74, 6) is -0.217. The molecule has 4 heteroatoms. The molecule has 3 aromatic rings. The third kappa shape index (κ3) is 2.50. The Balaban J connectivity index is 1.93. The Morgan fingerprint density at radius 1 is 1.00 bits per heavy atom. The van der Waals surface area contributed by atoms with E-state index >= 15 is 0 Å². The van der Waals surface area contributed by atoms with E-state index in [2.05, 4.69) is 24.0 Å². The van der Waals surface area contributed by atoms with E-state index in [1.165, 1.54) is 6.07 Å². The van der Waals surface area contributed by atoms with E-state index in [-0.39, 0.29) is 11.4 Å². The van der Waals surface area contributed by atoms with Crippen molar-refractivity contribution in [1.29, 1.82) is 0 Å². The number of aromatic nitrogens is 2. The van der Waals surface area contributed by atoms with Gasteiger partial charge in [-0.15, -0.1) is 10.2 Å². The summed E-state index contributed by atoms with van der Waals surface area (Å²) >= 11 is 0. The van der Waals surface area contributed by atoms with Crippen molar-refractivity contribution in [3.8, 4) is 0 Å². The van der Waals surface area contributed by atoms with Crippen LogP contribution < -0.4 is 0 Å². The number of rotatable bonds is 1. The van der Waals surface area contributed by atoms with E-state index in [0.29, 0.717) is 6.42 Å². The SMILES string of the molecule is CC1(C)Cc2cc(F)ccc2C(c2cc3ccccc3nn2)=N1. The third-order valence-corrected chi connectivity index (χ3v) is 4.10. The summed E-state index contributed by atoms with van der Waals surface area (Å²) in [5.41, 5.74) is 3.99. The molecule has 4 rings (SSSR count). The lowest BCUT2D eigenvalue weighted by molar-refractivity contribution is 0.510. The maximum Gasteiger partial charge on any atom is 0.123 e. The molecular weight excluding hydrogens is 289 g/mol. The molecule has 0 saturated carbocycles. The fraction of sp³-hybridized carbons (Fsp3) is 0.211. The summed E-state index contributed by atoms with van der Waals surface area (Å²) in [4.78, 5) is 4.85. The van der Waals surface area contributed by atoms with Gasteiger partial charge in [0.1, 0.15) is 11.5 Å². The molecule has 1 aromatic heterocycles. The molecule has 0 unspecified atom stereocenters. The Bertz CT molecular complexity index is 944. The molecule has 1 aliphatic rings. The molecule has 0 saturated heterocycles. The van der Waals surface area contributed by atoms with Crippen molar-refractivity contribution < 1.29 is 4.39 Å². The molecule has 0 fully saturated rings. The van der Waals surface area contributed by atoms with Gasteiger partial charge in [0.25, 0.3) is 0 Å². The molecular formula is C19H16FN3. The van der Waals surface area contributed by atoms with E-state index in [0.717, 1.165) is 33.4 Å². The molecule has 0 spiro atoms. The first-order valence-corrected chi connectivity index (χ1v) is 7.63. The highest BCUT2D eigenvalue weighted by Gasteiger charge is 2.28. The van der Waals surface area contributed by atoms with Crippen LogP contribution in [0, 0.1) is 5.82 Å². The molecule has 0 aliphatic carbocycles. The number of fused-ring (bicyclic) bond motifs is 2. The van der Waals surface area contributed by atoms with Gasteiger partial charge in [0, 0.05) is 10.9 Å². The van der Waals surface area contributed by atoms with Crippen LogP contribution >= 0.6 is 0 Å². The van der Waals surface area contributed by atoms with Crippen molar-refractivity contribution in [2.24, 2.45) is 4.99 Å². The average molecular weight is 305 g/mol. The summed E-state index contributed by atoms with van der Waals surface area (Å²) in [7, 11) is 0. The van der Waals surface area contributed by atoms with E-state index in [1.807, 2.05) is 30.3 Å². The molecule has 3 nitrogen and oxygen atoms in total.